The van der Waals surface area contributed by atoms with Gasteiger partial charge in [-0.2, -0.15) is 13.2 Å². The molecule has 7 heteroatoms. The van der Waals surface area contributed by atoms with Crippen molar-refractivity contribution in [2.24, 2.45) is 11.8 Å². The van der Waals surface area contributed by atoms with Crippen molar-refractivity contribution in [1.29, 1.82) is 0 Å². The molecular formula is C28H30F3N2O2+. The first-order valence-electron chi connectivity index (χ1n) is 12.0. The van der Waals surface area contributed by atoms with Crippen LogP contribution in [0.2, 0.25) is 0 Å². The van der Waals surface area contributed by atoms with Crippen molar-refractivity contribution in [2.45, 2.75) is 37.7 Å². The van der Waals surface area contributed by atoms with Crippen molar-refractivity contribution in [2.75, 3.05) is 20.2 Å². The molecule has 2 bridgehead atoms. The lowest BCUT2D eigenvalue weighted by molar-refractivity contribution is -0.984. The van der Waals surface area contributed by atoms with E-state index in [9.17, 15) is 18.3 Å². The molecule has 0 saturated carbocycles. The van der Waals surface area contributed by atoms with E-state index in [-0.39, 0.29) is 6.04 Å². The first-order chi connectivity index (χ1) is 16.7. The number of alkyl halides is 3. The molecule has 0 aliphatic carbocycles. The summed E-state index contributed by atoms with van der Waals surface area (Å²) in [7, 11) is 1.61. The number of fused-ring (bicyclic) bond motifs is 4. The van der Waals surface area contributed by atoms with E-state index in [2.05, 4.69) is 11.6 Å². The molecule has 3 fully saturated rings. The Morgan fingerprint density at radius 2 is 1.97 bits per heavy atom. The number of benzene rings is 2. The van der Waals surface area contributed by atoms with Crippen LogP contribution >= 0.6 is 0 Å². The van der Waals surface area contributed by atoms with Crippen LogP contribution in [0, 0.1) is 11.8 Å². The molecule has 0 spiro atoms. The molecule has 0 amide bonds. The summed E-state index contributed by atoms with van der Waals surface area (Å²) in [5.41, 5.74) is 1.80. The Hall–Kier alpha value is -2.90. The van der Waals surface area contributed by atoms with Crippen LogP contribution in [-0.2, 0) is 12.7 Å². The molecule has 1 unspecified atom stereocenters. The van der Waals surface area contributed by atoms with E-state index in [0.29, 0.717) is 28.6 Å². The van der Waals surface area contributed by atoms with Crippen molar-refractivity contribution < 1.29 is 27.5 Å². The zero-order valence-electron chi connectivity index (χ0n) is 19.7. The van der Waals surface area contributed by atoms with Crippen LogP contribution in [0.25, 0.3) is 10.9 Å². The molecule has 5 atom stereocenters. The van der Waals surface area contributed by atoms with Gasteiger partial charge in [-0.3, -0.25) is 4.98 Å². The Balaban J connectivity index is 1.52. The van der Waals surface area contributed by atoms with E-state index in [1.54, 1.807) is 25.4 Å². The summed E-state index contributed by atoms with van der Waals surface area (Å²) in [5, 5.41) is 12.7. The Kier molecular flexibility index (Phi) is 6.09. The number of piperidine rings is 3. The van der Waals surface area contributed by atoms with Crippen molar-refractivity contribution >= 4 is 10.9 Å². The van der Waals surface area contributed by atoms with Gasteiger partial charge in [0.25, 0.3) is 0 Å². The maximum Gasteiger partial charge on any atom is 0.416 e. The second-order valence-electron chi connectivity index (χ2n) is 9.96. The summed E-state index contributed by atoms with van der Waals surface area (Å²) in [5.74, 6) is 1.48. The van der Waals surface area contributed by atoms with Crippen molar-refractivity contribution in [3.63, 3.8) is 0 Å². The highest BCUT2D eigenvalue weighted by Gasteiger charge is 2.54. The van der Waals surface area contributed by atoms with Gasteiger partial charge in [0.05, 0.1) is 31.3 Å². The third-order valence-electron chi connectivity index (χ3n) is 8.12. The van der Waals surface area contributed by atoms with E-state index in [4.69, 9.17) is 4.74 Å². The standard InChI is InChI=1S/C28H30F3N2O2/c1-3-19-17-33(16-18-4-6-21(7-5-18)28(29,30)31)13-11-20(19)14-26(33)27(34)23-10-12-32-25-9-8-22(35-2)15-24(23)25/h3-10,12,15,19-20,26-27,34H,1,11,13-14,16-17H2,2H3/q+1/t19-,20-,26-,27+,33?/m0/s1. The molecule has 3 aliphatic rings. The predicted molar refractivity (Wildman–Crippen MR) is 129 cm³/mol. The Labute approximate surface area is 203 Å². The summed E-state index contributed by atoms with van der Waals surface area (Å²) < 4.78 is 45.3. The fourth-order valence-electron chi connectivity index (χ4n) is 6.28. The number of halogens is 3. The van der Waals surface area contributed by atoms with Gasteiger partial charge in [-0.25, -0.2) is 0 Å². The van der Waals surface area contributed by atoms with Crippen LogP contribution in [0.4, 0.5) is 13.2 Å². The topological polar surface area (TPSA) is 42.4 Å². The summed E-state index contributed by atoms with van der Waals surface area (Å²) in [6.07, 6.45) is 0.494. The lowest BCUT2D eigenvalue weighted by Crippen LogP contribution is -2.67. The number of rotatable bonds is 6. The number of hydrogen-bond acceptors (Lipinski definition) is 3. The van der Waals surface area contributed by atoms with E-state index in [1.807, 2.05) is 30.3 Å². The monoisotopic (exact) mass is 483 g/mol. The summed E-state index contributed by atoms with van der Waals surface area (Å²) in [6.45, 7) is 6.32. The van der Waals surface area contributed by atoms with Gasteiger partial charge in [0.15, 0.2) is 0 Å². The molecular weight excluding hydrogens is 453 g/mol. The minimum absolute atomic E-state index is 0.0796. The zero-order valence-corrected chi connectivity index (χ0v) is 19.7. The average Bonchev–Trinajstić information content (AvgIpc) is 2.87. The molecule has 3 aliphatic heterocycles. The normalized spacial score (nSPS) is 27.1. The second kappa shape index (κ2) is 8.95. The van der Waals surface area contributed by atoms with Crippen LogP contribution in [-0.4, -0.2) is 40.8 Å². The quantitative estimate of drug-likeness (QED) is 0.350. The number of ether oxygens (including phenoxy) is 1. The number of aliphatic hydroxyl groups excluding tert-OH is 1. The molecule has 1 aromatic heterocycles. The molecule has 4 nitrogen and oxygen atoms in total. The van der Waals surface area contributed by atoms with Crippen LogP contribution < -0.4 is 4.74 Å². The maximum absolute atomic E-state index is 13.1. The van der Waals surface area contributed by atoms with Gasteiger partial charge < -0.3 is 14.3 Å². The van der Waals surface area contributed by atoms with E-state index >= 15 is 0 Å². The van der Waals surface area contributed by atoms with Crippen LogP contribution in [0.3, 0.4) is 0 Å². The van der Waals surface area contributed by atoms with Gasteiger partial charge in [-0.05, 0) is 47.9 Å². The highest BCUT2D eigenvalue weighted by Crippen LogP contribution is 2.48. The first-order valence-corrected chi connectivity index (χ1v) is 12.0. The number of pyridine rings is 1. The Morgan fingerprint density at radius 3 is 2.66 bits per heavy atom. The maximum atomic E-state index is 13.1. The van der Waals surface area contributed by atoms with Crippen LogP contribution in [0.15, 0.2) is 67.4 Å². The average molecular weight is 484 g/mol. The number of quaternary nitrogens is 1. The molecule has 35 heavy (non-hydrogen) atoms. The fourth-order valence-corrected chi connectivity index (χ4v) is 6.28. The molecule has 184 valence electrons. The smallest absolute Gasteiger partial charge is 0.416 e. The lowest BCUT2D eigenvalue weighted by atomic mass is 9.71. The van der Waals surface area contributed by atoms with Crippen LogP contribution in [0.5, 0.6) is 5.75 Å². The first kappa shape index (κ1) is 23.8. The third-order valence-corrected chi connectivity index (χ3v) is 8.12. The molecule has 1 N–H and O–H groups in total. The zero-order chi connectivity index (χ0) is 24.8. The SMILES string of the molecule is C=C[C@H]1C[N+]2(Cc3ccc(C(F)(F)F)cc3)CC[C@H]1C[C@H]2[C@H](O)c1ccnc2ccc(OC)cc12. The summed E-state index contributed by atoms with van der Waals surface area (Å²) in [6, 6.07) is 12.9. The van der Waals surface area contributed by atoms with Gasteiger partial charge in [0.2, 0.25) is 0 Å². The number of aliphatic hydroxyl groups is 1. The van der Waals surface area contributed by atoms with Crippen molar-refractivity contribution in [3.05, 3.63) is 84.1 Å². The van der Waals surface area contributed by atoms with Gasteiger partial charge in [0.1, 0.15) is 24.4 Å². The number of aromatic nitrogens is 1. The lowest BCUT2D eigenvalue weighted by Gasteiger charge is -2.58. The van der Waals surface area contributed by atoms with E-state index in [1.165, 1.54) is 0 Å². The van der Waals surface area contributed by atoms with E-state index < -0.39 is 17.8 Å². The fraction of sp³-hybridized carbons (Fsp3) is 0.393. The van der Waals surface area contributed by atoms with Crippen molar-refractivity contribution in [1.82, 2.24) is 4.98 Å². The highest BCUT2D eigenvalue weighted by atomic mass is 19.4. The molecule has 3 aromatic rings. The molecule has 3 saturated heterocycles. The molecule has 2 aromatic carbocycles. The van der Waals surface area contributed by atoms with Crippen molar-refractivity contribution in [3.8, 4) is 5.75 Å². The summed E-state index contributed by atoms with van der Waals surface area (Å²) >= 11 is 0. The Bertz CT molecular complexity index is 1230. The third kappa shape index (κ3) is 4.32. The molecule has 4 heterocycles. The largest absolute Gasteiger partial charge is 0.497 e. The van der Waals surface area contributed by atoms with Gasteiger partial charge >= 0.3 is 6.18 Å². The number of hydrogen-bond donors (Lipinski definition) is 1. The predicted octanol–water partition coefficient (Wildman–Crippen LogP) is 5.91. The number of nitrogens with zero attached hydrogens (tertiary/aromatic N) is 2. The Morgan fingerprint density at radius 1 is 1.20 bits per heavy atom. The van der Waals surface area contributed by atoms with Gasteiger partial charge in [0, 0.05) is 35.9 Å². The number of methoxy groups -OCH3 is 1. The minimum Gasteiger partial charge on any atom is -0.497 e. The minimum atomic E-state index is -4.36. The molecule has 0 radical (unpaired) electrons. The highest BCUT2D eigenvalue weighted by molar-refractivity contribution is 5.83. The second-order valence-corrected chi connectivity index (χ2v) is 9.96. The van der Waals surface area contributed by atoms with E-state index in [0.717, 1.165) is 60.1 Å². The van der Waals surface area contributed by atoms with Gasteiger partial charge in [-0.15, -0.1) is 6.58 Å². The summed E-state index contributed by atoms with van der Waals surface area (Å²) in [4.78, 5) is 4.45. The van der Waals surface area contributed by atoms with Crippen LogP contribution in [0.1, 0.15) is 35.6 Å². The molecule has 6 rings (SSSR count). The van der Waals surface area contributed by atoms with Gasteiger partial charge in [-0.1, -0.05) is 18.2 Å².